The number of hydrogen-bond donors (Lipinski definition) is 9. The average molecular weight is 662 g/mol. The number of amides is 5. The summed E-state index contributed by atoms with van der Waals surface area (Å²) in [5.41, 5.74) is 17.7. The fourth-order valence-electron chi connectivity index (χ4n) is 4.56. The van der Waals surface area contributed by atoms with Crippen molar-refractivity contribution in [2.45, 2.75) is 97.0 Å². The van der Waals surface area contributed by atoms with Crippen molar-refractivity contribution >= 4 is 35.5 Å². The van der Waals surface area contributed by atoms with Crippen LogP contribution >= 0.6 is 0 Å². The van der Waals surface area contributed by atoms with E-state index in [0.717, 1.165) is 5.56 Å². The van der Waals surface area contributed by atoms with Crippen LogP contribution < -0.4 is 43.8 Å². The molecule has 0 aliphatic heterocycles. The molecule has 12 N–H and O–H groups in total. The average Bonchev–Trinajstić information content (AvgIpc) is 3.01. The molecule has 0 aromatic heterocycles. The fraction of sp³-hybridized carbons (Fsp3) is 0.625. The summed E-state index contributed by atoms with van der Waals surface area (Å²) in [4.78, 5) is 69.0. The highest BCUT2D eigenvalue weighted by molar-refractivity contribution is 5.95. The maximum Gasteiger partial charge on any atom is 0.243 e. The normalized spacial score (nSPS) is 14.8. The van der Waals surface area contributed by atoms with E-state index in [9.17, 15) is 29.1 Å². The third-order valence-corrected chi connectivity index (χ3v) is 7.36. The van der Waals surface area contributed by atoms with Crippen LogP contribution in [0.1, 0.15) is 65.9 Å². The van der Waals surface area contributed by atoms with Gasteiger partial charge < -0.3 is 48.9 Å². The Bertz CT molecular complexity index is 1170. The largest absolute Gasteiger partial charge is 0.392 e. The van der Waals surface area contributed by atoms with Crippen LogP contribution in [0.15, 0.2) is 35.3 Å². The van der Waals surface area contributed by atoms with Gasteiger partial charge in [-0.25, -0.2) is 0 Å². The fourth-order valence-corrected chi connectivity index (χ4v) is 4.56. The standard InChI is InChI=1S/C32H55N9O6/c1-6-20(4)27(41-30(46)25(15-19(2)3)40-28(44)23(33)16-22-11-8-7-9-12-22)31(47)38-18-26(43)39-24(13-10-14-36-32(34)35)29(45)37-17-21(5)42/h7-9,11-12,19-21,23-25,27,42H,6,10,13-18,33H2,1-5H3,(H,37,45)(H,38,47)(H,39,43)(H,40,44)(H,41,46)(H4,34,35,36). The Morgan fingerprint density at radius 3 is 2.09 bits per heavy atom. The summed E-state index contributed by atoms with van der Waals surface area (Å²) >= 11 is 0. The molecule has 0 saturated heterocycles. The van der Waals surface area contributed by atoms with Crippen molar-refractivity contribution < 1.29 is 29.1 Å². The Kier molecular flexibility index (Phi) is 18.7. The quantitative estimate of drug-likeness (QED) is 0.0434. The number of aliphatic hydroxyl groups excluding tert-OH is 1. The summed E-state index contributed by atoms with van der Waals surface area (Å²) in [6.07, 6.45) is 0.936. The Hall–Kier alpha value is -4.24. The minimum Gasteiger partial charge on any atom is -0.392 e. The number of benzene rings is 1. The van der Waals surface area contributed by atoms with Gasteiger partial charge in [-0.3, -0.25) is 29.0 Å². The van der Waals surface area contributed by atoms with E-state index in [1.54, 1.807) is 6.92 Å². The van der Waals surface area contributed by atoms with Gasteiger partial charge >= 0.3 is 0 Å². The smallest absolute Gasteiger partial charge is 0.243 e. The van der Waals surface area contributed by atoms with Gasteiger partial charge in [0.2, 0.25) is 29.5 Å². The molecule has 15 nitrogen and oxygen atoms in total. The number of carbonyl (C=O) groups is 5. The highest BCUT2D eigenvalue weighted by Crippen LogP contribution is 2.11. The molecular formula is C32H55N9O6. The van der Waals surface area contributed by atoms with Crippen LogP contribution in [0.3, 0.4) is 0 Å². The third kappa shape index (κ3) is 16.8. The molecule has 47 heavy (non-hydrogen) atoms. The van der Waals surface area contributed by atoms with Gasteiger partial charge in [-0.1, -0.05) is 64.4 Å². The van der Waals surface area contributed by atoms with Crippen LogP contribution in [0.2, 0.25) is 0 Å². The molecule has 6 atom stereocenters. The lowest BCUT2D eigenvalue weighted by atomic mass is 9.96. The van der Waals surface area contributed by atoms with E-state index < -0.39 is 66.4 Å². The second-order valence-corrected chi connectivity index (χ2v) is 12.2. The summed E-state index contributed by atoms with van der Waals surface area (Å²) in [6, 6.07) is 5.51. The molecule has 0 heterocycles. The molecular weight excluding hydrogens is 606 g/mol. The predicted octanol–water partition coefficient (Wildman–Crippen LogP) is -1.23. The van der Waals surface area contributed by atoms with Gasteiger partial charge in [-0.15, -0.1) is 0 Å². The molecule has 0 spiro atoms. The minimum atomic E-state index is -1.01. The summed E-state index contributed by atoms with van der Waals surface area (Å²) in [6.45, 7) is 8.74. The van der Waals surface area contributed by atoms with Crippen LogP contribution in [0.4, 0.5) is 0 Å². The van der Waals surface area contributed by atoms with E-state index in [-0.39, 0.29) is 37.3 Å². The first-order valence-corrected chi connectivity index (χ1v) is 16.1. The number of guanidine groups is 1. The summed E-state index contributed by atoms with van der Waals surface area (Å²) in [7, 11) is 0. The van der Waals surface area contributed by atoms with E-state index in [0.29, 0.717) is 25.7 Å². The van der Waals surface area contributed by atoms with Crippen LogP contribution in [-0.2, 0) is 30.4 Å². The molecule has 264 valence electrons. The van der Waals surface area contributed by atoms with Gasteiger partial charge in [0.15, 0.2) is 5.96 Å². The summed E-state index contributed by atoms with van der Waals surface area (Å²) in [5, 5.41) is 22.7. The maximum absolute atomic E-state index is 13.5. The lowest BCUT2D eigenvalue weighted by Gasteiger charge is -2.28. The number of nitrogens with two attached hydrogens (primary N) is 3. The summed E-state index contributed by atoms with van der Waals surface area (Å²) in [5.74, 6) is -3.14. The molecule has 5 amide bonds. The van der Waals surface area contributed by atoms with Crippen molar-refractivity contribution in [1.29, 1.82) is 0 Å². The highest BCUT2D eigenvalue weighted by atomic mass is 16.3. The lowest BCUT2D eigenvalue weighted by molar-refractivity contribution is -0.134. The van der Waals surface area contributed by atoms with Crippen molar-refractivity contribution in [3.05, 3.63) is 35.9 Å². The van der Waals surface area contributed by atoms with Gasteiger partial charge in [0, 0.05) is 13.1 Å². The van der Waals surface area contributed by atoms with Crippen LogP contribution in [0, 0.1) is 11.8 Å². The number of aliphatic imine (C=N–C) groups is 1. The van der Waals surface area contributed by atoms with Crippen molar-refractivity contribution in [3.63, 3.8) is 0 Å². The monoisotopic (exact) mass is 661 g/mol. The summed E-state index contributed by atoms with van der Waals surface area (Å²) < 4.78 is 0. The van der Waals surface area contributed by atoms with Crippen molar-refractivity contribution in [2.75, 3.05) is 19.6 Å². The number of carbonyl (C=O) groups excluding carboxylic acids is 5. The molecule has 0 aliphatic rings. The second kappa shape index (κ2) is 21.5. The van der Waals surface area contributed by atoms with Gasteiger partial charge in [0.1, 0.15) is 18.1 Å². The Morgan fingerprint density at radius 1 is 0.851 bits per heavy atom. The minimum absolute atomic E-state index is 0.0106. The molecule has 6 unspecified atom stereocenters. The lowest BCUT2D eigenvalue weighted by Crippen LogP contribution is -2.58. The van der Waals surface area contributed by atoms with Crippen LogP contribution in [0.25, 0.3) is 0 Å². The third-order valence-electron chi connectivity index (χ3n) is 7.36. The molecule has 0 radical (unpaired) electrons. The first kappa shape index (κ1) is 40.8. The first-order chi connectivity index (χ1) is 22.1. The number of nitrogens with zero attached hydrogens (tertiary/aromatic N) is 1. The molecule has 0 bridgehead atoms. The molecule has 1 rings (SSSR count). The number of nitrogens with one attached hydrogen (secondary N) is 5. The van der Waals surface area contributed by atoms with Gasteiger partial charge in [0.25, 0.3) is 0 Å². The molecule has 15 heteroatoms. The van der Waals surface area contributed by atoms with E-state index >= 15 is 0 Å². The van der Waals surface area contributed by atoms with Crippen LogP contribution in [-0.4, -0.2) is 90.5 Å². The molecule has 0 aliphatic carbocycles. The van der Waals surface area contributed by atoms with Crippen molar-refractivity contribution in [1.82, 2.24) is 26.6 Å². The number of hydrogen-bond acceptors (Lipinski definition) is 8. The predicted molar refractivity (Wildman–Crippen MR) is 180 cm³/mol. The van der Waals surface area contributed by atoms with Gasteiger partial charge in [-0.05, 0) is 50.0 Å². The van der Waals surface area contributed by atoms with Crippen molar-refractivity contribution in [2.24, 2.45) is 34.0 Å². The Morgan fingerprint density at radius 2 is 1.51 bits per heavy atom. The SMILES string of the molecule is CCC(C)C(NC(=O)C(CC(C)C)NC(=O)C(N)Cc1ccccc1)C(=O)NCC(=O)NC(CCCN=C(N)N)C(=O)NCC(C)O. The Labute approximate surface area is 277 Å². The number of aliphatic hydroxyl groups is 1. The molecule has 0 saturated carbocycles. The van der Waals surface area contributed by atoms with Gasteiger partial charge in [0.05, 0.1) is 18.7 Å². The highest BCUT2D eigenvalue weighted by Gasteiger charge is 2.31. The van der Waals surface area contributed by atoms with E-state index in [4.69, 9.17) is 17.2 Å². The zero-order chi connectivity index (χ0) is 35.5. The van der Waals surface area contributed by atoms with Crippen LogP contribution in [0.5, 0.6) is 0 Å². The number of rotatable bonds is 21. The zero-order valence-electron chi connectivity index (χ0n) is 28.3. The van der Waals surface area contributed by atoms with Crippen molar-refractivity contribution in [3.8, 4) is 0 Å². The maximum atomic E-state index is 13.5. The van der Waals surface area contributed by atoms with E-state index in [2.05, 4.69) is 31.6 Å². The Balaban J connectivity index is 2.91. The van der Waals surface area contributed by atoms with Gasteiger partial charge in [-0.2, -0.15) is 0 Å². The van der Waals surface area contributed by atoms with E-state index in [1.165, 1.54) is 6.92 Å². The zero-order valence-corrected chi connectivity index (χ0v) is 28.3. The molecule has 0 fully saturated rings. The first-order valence-electron chi connectivity index (χ1n) is 16.1. The molecule has 1 aromatic carbocycles. The second-order valence-electron chi connectivity index (χ2n) is 12.2. The van der Waals surface area contributed by atoms with E-state index in [1.807, 2.05) is 51.1 Å². The topological polar surface area (TPSA) is 256 Å². The molecule has 1 aromatic rings.